The number of nitrogens with zero attached hydrogens (tertiary/aromatic N) is 4. The maximum atomic E-state index is 11.3. The highest BCUT2D eigenvalue weighted by Gasteiger charge is 2.25. The number of rotatable bonds is 10. The van der Waals surface area contributed by atoms with E-state index in [0.29, 0.717) is 62.4 Å². The minimum atomic E-state index is -1.11. The van der Waals surface area contributed by atoms with E-state index >= 15 is 0 Å². The molecule has 2 unspecified atom stereocenters. The number of nitrogens with two attached hydrogens (primary N) is 2. The molecular formula is C42H51N9O9. The largest absolute Gasteiger partial charge is 0.480 e. The molecule has 9 N–H and O–H groups in total. The zero-order chi connectivity index (χ0) is 42.2. The topological polar surface area (TPSA) is 255 Å². The minimum absolute atomic E-state index is 0.0443. The average molecular weight is 826 g/mol. The molecule has 3 fully saturated rings. The Morgan fingerprint density at radius 1 is 0.650 bits per heavy atom. The molecule has 6 heterocycles. The summed E-state index contributed by atoms with van der Waals surface area (Å²) in [5, 5.41) is 32.4. The fourth-order valence-corrected chi connectivity index (χ4v) is 7.93. The van der Waals surface area contributed by atoms with E-state index in [4.69, 9.17) is 35.9 Å². The lowest BCUT2D eigenvalue weighted by Gasteiger charge is -2.29. The fraction of sp³-hybridized carbons (Fsp3) is 0.381. The molecule has 0 radical (unpaired) electrons. The molecule has 6 aromatic rings. The lowest BCUT2D eigenvalue weighted by molar-refractivity contribution is -0.383. The second-order valence-electron chi connectivity index (χ2n) is 14.8. The van der Waals surface area contributed by atoms with Crippen molar-refractivity contribution in [1.82, 2.24) is 15.0 Å². The summed E-state index contributed by atoms with van der Waals surface area (Å²) in [6.07, 6.45) is 5.86. The number of aromatic nitrogens is 3. The third kappa shape index (κ3) is 9.48. The predicted octanol–water partition coefficient (Wildman–Crippen LogP) is 3.83. The number of H-pyrrole nitrogens is 3. The Hall–Kier alpha value is -6.18. The van der Waals surface area contributed by atoms with Gasteiger partial charge < -0.3 is 65.5 Å². The first-order valence-electron chi connectivity index (χ1n) is 20.0. The Morgan fingerprint density at radius 2 is 1.13 bits per heavy atom. The predicted molar refractivity (Wildman–Crippen MR) is 229 cm³/mol. The van der Waals surface area contributed by atoms with Crippen LogP contribution in [-0.4, -0.2) is 133 Å². The molecular weight excluding hydrogens is 775 g/mol. The SMILES string of the molecule is NC(Cc1c[nH]c2c([N+](=O)[O-])ccc(N3CCOCC3)c12)C(=O)O.NC(Cc1c[nH]c2cccc(N3CCOCC3)c12)C(=O)O.c1cc(N2CCOCC2)c2cc[nH]c2c1. The van der Waals surface area contributed by atoms with Crippen LogP contribution in [0.3, 0.4) is 0 Å². The molecule has 9 rings (SSSR count). The monoisotopic (exact) mass is 825 g/mol. The summed E-state index contributed by atoms with van der Waals surface area (Å²) >= 11 is 0. The van der Waals surface area contributed by atoms with Crippen LogP contribution in [0.15, 0.2) is 73.2 Å². The number of carboxylic acid groups (broad SMARTS) is 2. The van der Waals surface area contributed by atoms with Crippen molar-refractivity contribution in [3.63, 3.8) is 0 Å². The molecule has 3 saturated heterocycles. The molecule has 60 heavy (non-hydrogen) atoms. The van der Waals surface area contributed by atoms with E-state index in [1.54, 1.807) is 12.3 Å². The summed E-state index contributed by atoms with van der Waals surface area (Å²) in [5.74, 6) is -2.09. The molecule has 18 nitrogen and oxygen atoms in total. The van der Waals surface area contributed by atoms with E-state index in [1.807, 2.05) is 24.5 Å². The van der Waals surface area contributed by atoms with Crippen LogP contribution >= 0.6 is 0 Å². The number of benzene rings is 3. The summed E-state index contributed by atoms with van der Waals surface area (Å²) in [5.41, 5.74) is 18.7. The summed E-state index contributed by atoms with van der Waals surface area (Å²) in [6, 6.07) is 15.8. The Bertz CT molecular complexity index is 2410. The Balaban J connectivity index is 0.000000139. The first kappa shape index (κ1) is 42.0. The number of fused-ring (bicyclic) bond motifs is 3. The maximum absolute atomic E-state index is 11.3. The van der Waals surface area contributed by atoms with E-state index in [9.17, 15) is 19.7 Å². The van der Waals surface area contributed by atoms with Gasteiger partial charge in [-0.1, -0.05) is 12.1 Å². The molecule has 0 saturated carbocycles. The van der Waals surface area contributed by atoms with Gasteiger partial charge in [0.05, 0.1) is 44.6 Å². The Morgan fingerprint density at radius 3 is 1.68 bits per heavy atom. The van der Waals surface area contributed by atoms with Crippen molar-refractivity contribution in [2.45, 2.75) is 24.9 Å². The molecule has 3 aromatic carbocycles. The first-order chi connectivity index (χ1) is 29.1. The number of anilines is 3. The quantitative estimate of drug-likeness (QED) is 0.0766. The number of nitro benzene ring substituents is 1. The molecule has 18 heteroatoms. The molecule has 0 spiro atoms. The lowest BCUT2D eigenvalue weighted by Crippen LogP contribution is -2.36. The van der Waals surface area contributed by atoms with Crippen molar-refractivity contribution in [3.05, 3.63) is 94.4 Å². The highest BCUT2D eigenvalue weighted by molar-refractivity contribution is 6.01. The molecule has 3 aliphatic rings. The smallest absolute Gasteiger partial charge is 0.320 e. The van der Waals surface area contributed by atoms with Gasteiger partial charge in [-0.15, -0.1) is 0 Å². The van der Waals surface area contributed by atoms with Gasteiger partial charge in [0.2, 0.25) is 0 Å². The number of carbonyl (C=O) groups is 2. The van der Waals surface area contributed by atoms with Crippen molar-refractivity contribution in [2.75, 3.05) is 93.6 Å². The van der Waals surface area contributed by atoms with E-state index in [0.717, 1.165) is 67.2 Å². The molecule has 0 amide bonds. The molecule has 0 bridgehead atoms. The van der Waals surface area contributed by atoms with Gasteiger partial charge >= 0.3 is 11.9 Å². The number of non-ortho nitro benzene ring substituents is 1. The Kier molecular flexibility index (Phi) is 13.5. The van der Waals surface area contributed by atoms with Gasteiger partial charge in [0.1, 0.15) is 17.6 Å². The minimum Gasteiger partial charge on any atom is -0.480 e. The van der Waals surface area contributed by atoms with Crippen molar-refractivity contribution >= 4 is 67.4 Å². The van der Waals surface area contributed by atoms with E-state index in [1.165, 1.54) is 22.7 Å². The number of hydrogen-bond acceptors (Lipinski definition) is 12. The van der Waals surface area contributed by atoms with E-state index in [-0.39, 0.29) is 12.1 Å². The summed E-state index contributed by atoms with van der Waals surface area (Å²) in [7, 11) is 0. The highest BCUT2D eigenvalue weighted by Crippen LogP contribution is 2.37. The number of aliphatic carboxylic acids is 2. The zero-order valence-corrected chi connectivity index (χ0v) is 33.2. The molecule has 318 valence electrons. The molecule has 3 aromatic heterocycles. The van der Waals surface area contributed by atoms with E-state index in [2.05, 4.69) is 60.0 Å². The van der Waals surface area contributed by atoms with Crippen LogP contribution in [0.5, 0.6) is 0 Å². The highest BCUT2D eigenvalue weighted by atomic mass is 16.6. The number of ether oxygens (including phenoxy) is 3. The van der Waals surface area contributed by atoms with Crippen LogP contribution in [0.1, 0.15) is 11.1 Å². The standard InChI is InChI=1S/C15H18N4O5.C15H19N3O3.C12H14N2O/c16-10(15(20)21)7-9-8-17-14-12(19(22)23)2-1-11(13(9)14)18-3-5-24-6-4-18;16-11(15(19)20)8-10-9-17-12-2-1-3-13(14(10)12)18-4-6-21-7-5-18;1-2-11-10(4-5-13-11)12(3-1)14-6-8-15-9-7-14/h1-2,8,10,17H,3-7,16H2,(H,20,21);1-3,9,11,17H,4-8,16H2,(H,19,20);1-5,13H,6-9H2. The number of nitrogens with one attached hydrogen (secondary N) is 3. The van der Waals surface area contributed by atoms with Gasteiger partial charge in [-0.3, -0.25) is 19.7 Å². The Labute approximate surface area is 345 Å². The third-order valence-electron chi connectivity index (χ3n) is 11.0. The number of nitro groups is 1. The van der Waals surface area contributed by atoms with Crippen LogP contribution in [0.4, 0.5) is 22.7 Å². The second-order valence-corrected chi connectivity index (χ2v) is 14.8. The summed E-state index contributed by atoms with van der Waals surface area (Å²) < 4.78 is 16.1. The van der Waals surface area contributed by atoms with Gasteiger partial charge in [0.15, 0.2) is 0 Å². The summed E-state index contributed by atoms with van der Waals surface area (Å²) in [4.78, 5) is 49.0. The fourth-order valence-electron chi connectivity index (χ4n) is 7.93. The van der Waals surface area contributed by atoms with Crippen LogP contribution in [0, 0.1) is 10.1 Å². The first-order valence-corrected chi connectivity index (χ1v) is 20.0. The zero-order valence-electron chi connectivity index (χ0n) is 33.2. The third-order valence-corrected chi connectivity index (χ3v) is 11.0. The van der Waals surface area contributed by atoms with Gasteiger partial charge in [-0.25, -0.2) is 0 Å². The molecule has 2 atom stereocenters. The van der Waals surface area contributed by atoms with Crippen molar-refractivity contribution in [2.24, 2.45) is 11.5 Å². The number of aromatic amines is 3. The lowest BCUT2D eigenvalue weighted by atomic mass is 10.0. The second kappa shape index (κ2) is 19.3. The normalized spacial score (nSPS) is 16.8. The number of carboxylic acids is 2. The van der Waals surface area contributed by atoms with Gasteiger partial charge in [-0.2, -0.15) is 0 Å². The van der Waals surface area contributed by atoms with E-state index < -0.39 is 28.9 Å². The van der Waals surface area contributed by atoms with Crippen molar-refractivity contribution < 1.29 is 38.9 Å². The number of hydrogen-bond donors (Lipinski definition) is 7. The van der Waals surface area contributed by atoms with Crippen LogP contribution in [0.25, 0.3) is 32.7 Å². The molecule has 0 aliphatic carbocycles. The molecule has 3 aliphatic heterocycles. The average Bonchev–Trinajstić information content (AvgIpc) is 4.04. The van der Waals surface area contributed by atoms with Crippen LogP contribution < -0.4 is 26.2 Å². The summed E-state index contributed by atoms with van der Waals surface area (Å²) in [6.45, 7) is 9.25. The van der Waals surface area contributed by atoms with Gasteiger partial charge in [-0.05, 0) is 47.5 Å². The maximum Gasteiger partial charge on any atom is 0.320 e. The number of morpholine rings is 3. The van der Waals surface area contributed by atoms with Crippen LogP contribution in [-0.2, 0) is 36.6 Å². The van der Waals surface area contributed by atoms with Crippen molar-refractivity contribution in [1.29, 1.82) is 0 Å². The van der Waals surface area contributed by atoms with Crippen molar-refractivity contribution in [3.8, 4) is 0 Å². The van der Waals surface area contributed by atoms with Gasteiger partial charge in [0.25, 0.3) is 5.69 Å². The van der Waals surface area contributed by atoms with Crippen LogP contribution in [0.2, 0.25) is 0 Å². The van der Waals surface area contributed by atoms with Gasteiger partial charge in [0, 0.05) is 121 Å².